The molecule has 0 aromatic heterocycles. The predicted octanol–water partition coefficient (Wildman–Crippen LogP) is 10.9. The SMILES string of the molecule is Fc1cccc(Oc2ccc(Oc3ccccc3Oc3ccccc3Oc3ccc(Oc4cccc(F)c4)cc3)cc2)c1. The van der Waals surface area contributed by atoms with Gasteiger partial charge in [-0.1, -0.05) is 36.4 Å². The van der Waals surface area contributed by atoms with E-state index in [1.54, 1.807) is 97.1 Å². The third-order valence-corrected chi connectivity index (χ3v) is 6.08. The van der Waals surface area contributed by atoms with Gasteiger partial charge in [0.15, 0.2) is 23.0 Å². The number of para-hydroxylation sites is 4. The maximum atomic E-state index is 13.5. The fourth-order valence-electron chi connectivity index (χ4n) is 4.09. The van der Waals surface area contributed by atoms with E-state index < -0.39 is 0 Å². The van der Waals surface area contributed by atoms with Crippen LogP contribution in [-0.4, -0.2) is 0 Å². The zero-order valence-corrected chi connectivity index (χ0v) is 22.7. The molecule has 0 amide bonds. The molecule has 0 aliphatic carbocycles. The Kier molecular flexibility index (Phi) is 8.13. The van der Waals surface area contributed by atoms with Crippen molar-refractivity contribution in [2.75, 3.05) is 0 Å². The van der Waals surface area contributed by atoms with E-state index >= 15 is 0 Å². The molecule has 0 aliphatic heterocycles. The van der Waals surface area contributed by atoms with Gasteiger partial charge in [-0.15, -0.1) is 0 Å². The van der Waals surface area contributed by atoms with Gasteiger partial charge in [0.25, 0.3) is 0 Å². The highest BCUT2D eigenvalue weighted by molar-refractivity contribution is 5.50. The monoisotopic (exact) mass is 574 g/mol. The highest BCUT2D eigenvalue weighted by Gasteiger charge is 2.12. The van der Waals surface area contributed by atoms with Gasteiger partial charge in [-0.25, -0.2) is 8.78 Å². The number of hydrogen-bond acceptors (Lipinski definition) is 5. The van der Waals surface area contributed by atoms with E-state index in [1.165, 1.54) is 24.3 Å². The Morgan fingerprint density at radius 2 is 0.605 bits per heavy atom. The van der Waals surface area contributed by atoms with Crippen molar-refractivity contribution in [2.45, 2.75) is 0 Å². The smallest absolute Gasteiger partial charge is 0.170 e. The average molecular weight is 575 g/mol. The molecule has 6 aromatic rings. The first-order valence-corrected chi connectivity index (χ1v) is 13.4. The second-order valence-electron chi connectivity index (χ2n) is 9.26. The molecule has 6 aromatic carbocycles. The lowest BCUT2D eigenvalue weighted by atomic mass is 10.2. The summed E-state index contributed by atoms with van der Waals surface area (Å²) in [7, 11) is 0. The highest BCUT2D eigenvalue weighted by Crippen LogP contribution is 2.40. The predicted molar refractivity (Wildman–Crippen MR) is 159 cm³/mol. The van der Waals surface area contributed by atoms with Gasteiger partial charge >= 0.3 is 0 Å². The fourth-order valence-corrected chi connectivity index (χ4v) is 4.09. The topological polar surface area (TPSA) is 46.2 Å². The molecular weight excluding hydrogens is 550 g/mol. The number of rotatable bonds is 10. The van der Waals surface area contributed by atoms with Crippen LogP contribution in [-0.2, 0) is 0 Å². The highest BCUT2D eigenvalue weighted by atomic mass is 19.1. The largest absolute Gasteiger partial charge is 0.457 e. The molecule has 0 radical (unpaired) electrons. The van der Waals surface area contributed by atoms with Gasteiger partial charge in [0.1, 0.15) is 46.1 Å². The van der Waals surface area contributed by atoms with Gasteiger partial charge in [-0.3, -0.25) is 0 Å². The summed E-state index contributed by atoms with van der Waals surface area (Å²) in [5.74, 6) is 4.24. The van der Waals surface area contributed by atoms with Crippen LogP contribution in [0.2, 0.25) is 0 Å². The number of benzene rings is 6. The quantitative estimate of drug-likeness (QED) is 0.163. The van der Waals surface area contributed by atoms with Crippen LogP contribution >= 0.6 is 0 Å². The lowest BCUT2D eigenvalue weighted by Crippen LogP contribution is -1.93. The molecule has 0 unspecified atom stereocenters. The van der Waals surface area contributed by atoms with Crippen molar-refractivity contribution < 1.29 is 32.5 Å². The molecule has 212 valence electrons. The standard InChI is InChI=1S/C36H24F2O5/c37-25-7-5-9-31(23-25)39-27-15-19-29(20-16-27)41-33-11-1-3-13-35(33)43-36-14-4-2-12-34(36)42-30-21-17-28(18-22-30)40-32-10-6-8-26(38)24-32/h1-24H. The lowest BCUT2D eigenvalue weighted by Gasteiger charge is -2.15. The fraction of sp³-hybridized carbons (Fsp3) is 0. The van der Waals surface area contributed by atoms with E-state index in [0.717, 1.165) is 0 Å². The van der Waals surface area contributed by atoms with E-state index in [9.17, 15) is 8.78 Å². The summed E-state index contributed by atoms with van der Waals surface area (Å²) >= 11 is 0. The summed E-state index contributed by atoms with van der Waals surface area (Å²) in [6, 6.07) is 40.4. The Labute approximate surface area is 247 Å². The van der Waals surface area contributed by atoms with Gasteiger partial charge < -0.3 is 23.7 Å². The van der Waals surface area contributed by atoms with E-state index in [0.29, 0.717) is 57.5 Å². The molecule has 0 spiro atoms. The van der Waals surface area contributed by atoms with Crippen molar-refractivity contribution in [1.82, 2.24) is 0 Å². The number of halogens is 2. The molecule has 0 saturated carbocycles. The van der Waals surface area contributed by atoms with Crippen molar-refractivity contribution in [2.24, 2.45) is 0 Å². The Morgan fingerprint density at radius 3 is 0.953 bits per heavy atom. The number of hydrogen-bond donors (Lipinski definition) is 0. The third kappa shape index (κ3) is 7.28. The summed E-state index contributed by atoms with van der Waals surface area (Å²) in [4.78, 5) is 0. The zero-order valence-electron chi connectivity index (χ0n) is 22.7. The first-order chi connectivity index (χ1) is 21.1. The molecule has 0 fully saturated rings. The van der Waals surface area contributed by atoms with Crippen molar-refractivity contribution in [3.63, 3.8) is 0 Å². The summed E-state index contributed by atoms with van der Waals surface area (Å²) in [6.45, 7) is 0. The summed E-state index contributed by atoms with van der Waals surface area (Å²) < 4.78 is 56.8. The summed E-state index contributed by atoms with van der Waals surface area (Å²) in [5, 5.41) is 0. The Hall–Kier alpha value is -5.82. The Bertz CT molecular complexity index is 1690. The van der Waals surface area contributed by atoms with E-state index in [1.807, 2.05) is 24.3 Å². The van der Waals surface area contributed by atoms with Gasteiger partial charge in [-0.2, -0.15) is 0 Å². The first kappa shape index (κ1) is 27.4. The van der Waals surface area contributed by atoms with Crippen LogP contribution < -0.4 is 23.7 Å². The minimum Gasteiger partial charge on any atom is -0.457 e. The minimum atomic E-state index is -0.369. The molecule has 0 atom stereocenters. The van der Waals surface area contributed by atoms with Crippen molar-refractivity contribution in [3.05, 3.63) is 157 Å². The van der Waals surface area contributed by atoms with Crippen LogP contribution in [0.1, 0.15) is 0 Å². The molecule has 7 heteroatoms. The van der Waals surface area contributed by atoms with Crippen LogP contribution in [0, 0.1) is 11.6 Å². The van der Waals surface area contributed by atoms with Crippen LogP contribution in [0.5, 0.6) is 57.5 Å². The molecule has 0 aliphatic rings. The van der Waals surface area contributed by atoms with E-state index in [4.69, 9.17) is 23.7 Å². The Balaban J connectivity index is 1.13. The van der Waals surface area contributed by atoms with Crippen LogP contribution in [0.4, 0.5) is 8.78 Å². The van der Waals surface area contributed by atoms with Crippen molar-refractivity contribution in [3.8, 4) is 57.5 Å². The average Bonchev–Trinajstić information content (AvgIpc) is 3.01. The Morgan fingerprint density at radius 1 is 0.279 bits per heavy atom. The molecule has 43 heavy (non-hydrogen) atoms. The van der Waals surface area contributed by atoms with Gasteiger partial charge in [0, 0.05) is 12.1 Å². The van der Waals surface area contributed by atoms with Gasteiger partial charge in [0.05, 0.1) is 0 Å². The molecule has 5 nitrogen and oxygen atoms in total. The third-order valence-electron chi connectivity index (χ3n) is 6.08. The second-order valence-corrected chi connectivity index (χ2v) is 9.26. The zero-order chi connectivity index (χ0) is 29.4. The first-order valence-electron chi connectivity index (χ1n) is 13.4. The van der Waals surface area contributed by atoms with Crippen molar-refractivity contribution in [1.29, 1.82) is 0 Å². The summed E-state index contributed by atoms with van der Waals surface area (Å²) in [5.41, 5.74) is 0. The maximum Gasteiger partial charge on any atom is 0.170 e. The minimum absolute atomic E-state index is 0.369. The molecule has 6 rings (SSSR count). The molecule has 0 heterocycles. The van der Waals surface area contributed by atoms with E-state index in [-0.39, 0.29) is 11.6 Å². The molecule has 0 bridgehead atoms. The van der Waals surface area contributed by atoms with Crippen LogP contribution in [0.3, 0.4) is 0 Å². The van der Waals surface area contributed by atoms with Gasteiger partial charge in [0.2, 0.25) is 0 Å². The second kappa shape index (κ2) is 12.8. The van der Waals surface area contributed by atoms with Crippen molar-refractivity contribution >= 4 is 0 Å². The van der Waals surface area contributed by atoms with Gasteiger partial charge in [-0.05, 0) is 97.1 Å². The maximum absolute atomic E-state index is 13.5. The molecule has 0 saturated heterocycles. The summed E-state index contributed by atoms with van der Waals surface area (Å²) in [6.07, 6.45) is 0. The normalized spacial score (nSPS) is 10.6. The number of ether oxygens (including phenoxy) is 5. The van der Waals surface area contributed by atoms with Crippen LogP contribution in [0.25, 0.3) is 0 Å². The van der Waals surface area contributed by atoms with E-state index in [2.05, 4.69) is 0 Å². The molecular formula is C36H24F2O5. The lowest BCUT2D eigenvalue weighted by molar-refractivity contribution is 0.393. The molecule has 0 N–H and O–H groups in total. The van der Waals surface area contributed by atoms with Crippen LogP contribution in [0.15, 0.2) is 146 Å².